The summed E-state index contributed by atoms with van der Waals surface area (Å²) in [5.41, 5.74) is 1.01. The van der Waals surface area contributed by atoms with Crippen molar-refractivity contribution >= 4 is 6.03 Å². The van der Waals surface area contributed by atoms with Gasteiger partial charge in [-0.2, -0.15) is 0 Å². The third kappa shape index (κ3) is 4.38. The van der Waals surface area contributed by atoms with Crippen molar-refractivity contribution in [1.29, 1.82) is 0 Å². The van der Waals surface area contributed by atoms with Crippen molar-refractivity contribution in [1.82, 2.24) is 20.6 Å². The average Bonchev–Trinajstić information content (AvgIpc) is 2.52. The van der Waals surface area contributed by atoms with E-state index in [2.05, 4.69) is 20.6 Å². The monoisotopic (exact) mass is 318 g/mol. The molecule has 0 aliphatic rings. The topological polar surface area (TPSA) is 76.1 Å². The van der Waals surface area contributed by atoms with Crippen LogP contribution in [0.15, 0.2) is 30.5 Å². The number of carbonyl (C=O) groups excluding carboxylic acids is 1. The summed E-state index contributed by atoms with van der Waals surface area (Å²) in [6.45, 7) is 3.72. The molecular formula is C16H19FN4O2. The number of ether oxygens (including phenoxy) is 1. The number of nitrogens with zero attached hydrogens (tertiary/aromatic N) is 2. The van der Waals surface area contributed by atoms with E-state index in [0.717, 1.165) is 0 Å². The fraction of sp³-hybridized carbons (Fsp3) is 0.312. The van der Waals surface area contributed by atoms with Crippen LogP contribution in [0, 0.1) is 12.7 Å². The number of amides is 2. The lowest BCUT2D eigenvalue weighted by Crippen LogP contribution is -2.37. The molecule has 1 atom stereocenters. The number of aromatic nitrogens is 2. The van der Waals surface area contributed by atoms with E-state index < -0.39 is 17.9 Å². The van der Waals surface area contributed by atoms with E-state index in [1.54, 1.807) is 38.2 Å². The second kappa shape index (κ2) is 7.53. The predicted molar refractivity (Wildman–Crippen MR) is 83.5 cm³/mol. The SMILES string of the molecule is COc1cccc(F)c1C(C)NC(=O)NCc1ccnc(C)n1. The predicted octanol–water partition coefficient (Wildman–Crippen LogP) is 2.49. The maximum absolute atomic E-state index is 14.0. The quantitative estimate of drug-likeness (QED) is 0.888. The third-order valence-electron chi connectivity index (χ3n) is 3.28. The Kier molecular flexibility index (Phi) is 5.46. The Labute approximate surface area is 134 Å². The molecule has 6 nitrogen and oxygen atoms in total. The summed E-state index contributed by atoms with van der Waals surface area (Å²) < 4.78 is 19.1. The van der Waals surface area contributed by atoms with Crippen molar-refractivity contribution in [2.24, 2.45) is 0 Å². The second-order valence-corrected chi connectivity index (χ2v) is 5.00. The van der Waals surface area contributed by atoms with E-state index in [0.29, 0.717) is 22.8 Å². The van der Waals surface area contributed by atoms with Crippen LogP contribution in [-0.2, 0) is 6.54 Å². The highest BCUT2D eigenvalue weighted by Gasteiger charge is 2.18. The van der Waals surface area contributed by atoms with Gasteiger partial charge >= 0.3 is 6.03 Å². The van der Waals surface area contributed by atoms with Crippen LogP contribution in [0.1, 0.15) is 30.0 Å². The van der Waals surface area contributed by atoms with E-state index in [-0.39, 0.29) is 6.54 Å². The Morgan fingerprint density at radius 2 is 2.17 bits per heavy atom. The molecule has 0 saturated carbocycles. The molecule has 122 valence electrons. The van der Waals surface area contributed by atoms with Crippen LogP contribution < -0.4 is 15.4 Å². The summed E-state index contributed by atoms with van der Waals surface area (Å²) in [4.78, 5) is 20.1. The smallest absolute Gasteiger partial charge is 0.315 e. The number of nitrogens with one attached hydrogen (secondary N) is 2. The highest BCUT2D eigenvalue weighted by atomic mass is 19.1. The summed E-state index contributed by atoms with van der Waals surface area (Å²) >= 11 is 0. The van der Waals surface area contributed by atoms with Gasteiger partial charge in [-0.25, -0.2) is 19.2 Å². The van der Waals surface area contributed by atoms with Crippen LogP contribution in [0.2, 0.25) is 0 Å². The first-order valence-electron chi connectivity index (χ1n) is 7.16. The molecule has 0 radical (unpaired) electrons. The molecule has 1 aromatic heterocycles. The molecule has 2 rings (SSSR count). The maximum atomic E-state index is 14.0. The summed E-state index contributed by atoms with van der Waals surface area (Å²) in [7, 11) is 1.46. The maximum Gasteiger partial charge on any atom is 0.315 e. The largest absolute Gasteiger partial charge is 0.496 e. The third-order valence-corrected chi connectivity index (χ3v) is 3.28. The minimum Gasteiger partial charge on any atom is -0.496 e. The van der Waals surface area contributed by atoms with Gasteiger partial charge in [-0.3, -0.25) is 0 Å². The van der Waals surface area contributed by atoms with E-state index in [4.69, 9.17) is 4.74 Å². The Morgan fingerprint density at radius 3 is 2.87 bits per heavy atom. The van der Waals surface area contributed by atoms with Gasteiger partial charge in [0.15, 0.2) is 0 Å². The molecule has 0 aliphatic heterocycles. The van der Waals surface area contributed by atoms with Crippen LogP contribution in [0.5, 0.6) is 5.75 Å². The van der Waals surface area contributed by atoms with E-state index in [1.807, 2.05) is 0 Å². The summed E-state index contributed by atoms with van der Waals surface area (Å²) in [6, 6.07) is 5.30. The number of hydrogen-bond acceptors (Lipinski definition) is 4. The molecule has 0 bridgehead atoms. The Morgan fingerprint density at radius 1 is 1.39 bits per heavy atom. The van der Waals surface area contributed by atoms with Crippen molar-refractivity contribution < 1.29 is 13.9 Å². The van der Waals surface area contributed by atoms with Gasteiger partial charge < -0.3 is 15.4 Å². The number of halogens is 1. The Bertz CT molecular complexity index is 694. The first-order valence-corrected chi connectivity index (χ1v) is 7.16. The minimum atomic E-state index is -0.543. The molecule has 7 heteroatoms. The van der Waals surface area contributed by atoms with E-state index >= 15 is 0 Å². The van der Waals surface area contributed by atoms with Crippen molar-refractivity contribution in [3.8, 4) is 5.75 Å². The molecule has 0 saturated heterocycles. The van der Waals surface area contributed by atoms with Gasteiger partial charge in [-0.1, -0.05) is 6.07 Å². The van der Waals surface area contributed by atoms with Crippen molar-refractivity contribution in [3.63, 3.8) is 0 Å². The molecule has 0 spiro atoms. The standard InChI is InChI=1S/C16H19FN4O2/c1-10(15-13(17)5-4-6-14(15)23-3)20-16(22)19-9-12-7-8-18-11(2)21-12/h4-8,10H,9H2,1-3H3,(H2,19,20,22). The van der Waals surface area contributed by atoms with Gasteiger partial charge in [0.25, 0.3) is 0 Å². The number of methoxy groups -OCH3 is 1. The van der Waals surface area contributed by atoms with Crippen molar-refractivity contribution in [2.45, 2.75) is 26.4 Å². The van der Waals surface area contributed by atoms with Crippen molar-refractivity contribution in [2.75, 3.05) is 7.11 Å². The van der Waals surface area contributed by atoms with Gasteiger partial charge in [0, 0.05) is 6.20 Å². The normalized spacial score (nSPS) is 11.7. The molecule has 23 heavy (non-hydrogen) atoms. The molecule has 1 unspecified atom stereocenters. The van der Waals surface area contributed by atoms with E-state index in [9.17, 15) is 9.18 Å². The van der Waals surface area contributed by atoms with Gasteiger partial charge in [-0.15, -0.1) is 0 Å². The van der Waals surface area contributed by atoms with Gasteiger partial charge in [0.2, 0.25) is 0 Å². The van der Waals surface area contributed by atoms with Gasteiger partial charge in [0.1, 0.15) is 17.4 Å². The van der Waals surface area contributed by atoms with Crippen molar-refractivity contribution in [3.05, 3.63) is 53.4 Å². The minimum absolute atomic E-state index is 0.260. The summed E-state index contributed by atoms with van der Waals surface area (Å²) in [5, 5.41) is 5.36. The molecule has 2 N–H and O–H groups in total. The number of rotatable bonds is 5. The van der Waals surface area contributed by atoms with Crippen LogP contribution in [0.3, 0.4) is 0 Å². The van der Waals surface area contributed by atoms with Crippen LogP contribution in [-0.4, -0.2) is 23.1 Å². The summed E-state index contributed by atoms with van der Waals surface area (Å²) in [6.07, 6.45) is 1.63. The molecule has 1 aromatic carbocycles. The lowest BCUT2D eigenvalue weighted by Gasteiger charge is -2.18. The zero-order valence-corrected chi connectivity index (χ0v) is 13.3. The average molecular weight is 318 g/mol. The molecular weight excluding hydrogens is 299 g/mol. The number of aryl methyl sites for hydroxylation is 1. The molecule has 0 aliphatic carbocycles. The second-order valence-electron chi connectivity index (χ2n) is 5.00. The fourth-order valence-electron chi connectivity index (χ4n) is 2.21. The zero-order valence-electron chi connectivity index (χ0n) is 13.3. The number of benzene rings is 1. The first-order chi connectivity index (χ1) is 11.0. The lowest BCUT2D eigenvalue weighted by atomic mass is 10.1. The Hall–Kier alpha value is -2.70. The molecule has 2 amide bonds. The highest BCUT2D eigenvalue weighted by molar-refractivity contribution is 5.74. The zero-order chi connectivity index (χ0) is 16.8. The summed E-state index contributed by atoms with van der Waals surface area (Å²) in [5.74, 6) is 0.599. The molecule has 2 aromatic rings. The first kappa shape index (κ1) is 16.7. The Balaban J connectivity index is 1.97. The lowest BCUT2D eigenvalue weighted by molar-refractivity contribution is 0.237. The van der Waals surface area contributed by atoms with Crippen LogP contribution in [0.4, 0.5) is 9.18 Å². The number of urea groups is 1. The highest BCUT2D eigenvalue weighted by Crippen LogP contribution is 2.27. The molecule has 1 heterocycles. The van der Waals surface area contributed by atoms with Crippen LogP contribution >= 0.6 is 0 Å². The van der Waals surface area contributed by atoms with Gasteiger partial charge in [-0.05, 0) is 32.0 Å². The van der Waals surface area contributed by atoms with E-state index in [1.165, 1.54) is 13.2 Å². The van der Waals surface area contributed by atoms with Crippen LogP contribution in [0.25, 0.3) is 0 Å². The number of carbonyl (C=O) groups is 1. The number of hydrogen-bond donors (Lipinski definition) is 2. The van der Waals surface area contributed by atoms with Gasteiger partial charge in [0.05, 0.1) is 31.0 Å². The fourth-order valence-corrected chi connectivity index (χ4v) is 2.21. The molecule has 0 fully saturated rings.